The topological polar surface area (TPSA) is 66.5 Å². The van der Waals surface area contributed by atoms with Gasteiger partial charge in [-0.15, -0.1) is 0 Å². The minimum absolute atomic E-state index is 0.0109. The van der Waals surface area contributed by atoms with E-state index in [2.05, 4.69) is 21.2 Å². The monoisotopic (exact) mass is 374 g/mol. The standard InChI is InChI=1S/C14H19BrN2O3S/c1-10(2)16-14(18)12-9-11(5-6-13(12)15)21(19,20)17-7-3-4-8-17/h5-6,9-10H,3-4,7-8H2,1-2H3,(H,16,18). The zero-order valence-corrected chi connectivity index (χ0v) is 14.5. The lowest BCUT2D eigenvalue weighted by Crippen LogP contribution is -2.31. The van der Waals surface area contributed by atoms with Crippen LogP contribution in [0.4, 0.5) is 0 Å². The second kappa shape index (κ2) is 6.46. The lowest BCUT2D eigenvalue weighted by molar-refractivity contribution is 0.0942. The molecule has 2 rings (SSSR count). The molecule has 1 N–H and O–H groups in total. The molecule has 1 fully saturated rings. The van der Waals surface area contributed by atoms with E-state index in [1.165, 1.54) is 16.4 Å². The number of carbonyl (C=O) groups is 1. The van der Waals surface area contributed by atoms with E-state index in [1.807, 2.05) is 13.8 Å². The number of nitrogens with one attached hydrogen (secondary N) is 1. The van der Waals surface area contributed by atoms with Gasteiger partial charge in [-0.1, -0.05) is 0 Å². The Bertz CT molecular complexity index is 638. The highest BCUT2D eigenvalue weighted by Crippen LogP contribution is 2.25. The van der Waals surface area contributed by atoms with Crippen molar-refractivity contribution in [1.29, 1.82) is 0 Å². The van der Waals surface area contributed by atoms with Crippen LogP contribution in [0.3, 0.4) is 0 Å². The maximum atomic E-state index is 12.5. The fourth-order valence-electron chi connectivity index (χ4n) is 2.26. The number of hydrogen-bond acceptors (Lipinski definition) is 3. The van der Waals surface area contributed by atoms with Crippen LogP contribution in [-0.2, 0) is 10.0 Å². The van der Waals surface area contributed by atoms with Gasteiger partial charge < -0.3 is 5.32 Å². The minimum atomic E-state index is -3.51. The largest absolute Gasteiger partial charge is 0.350 e. The first-order valence-corrected chi connectivity index (χ1v) is 9.16. The molecule has 0 saturated carbocycles. The number of halogens is 1. The van der Waals surface area contributed by atoms with E-state index in [0.717, 1.165) is 12.8 Å². The van der Waals surface area contributed by atoms with Gasteiger partial charge in [0.2, 0.25) is 10.0 Å². The molecule has 0 atom stereocenters. The molecule has 0 aliphatic carbocycles. The summed E-state index contributed by atoms with van der Waals surface area (Å²) in [6.45, 7) is 4.81. The SMILES string of the molecule is CC(C)NC(=O)c1cc(S(=O)(=O)N2CCCC2)ccc1Br. The number of rotatable bonds is 4. The quantitative estimate of drug-likeness (QED) is 0.879. The summed E-state index contributed by atoms with van der Waals surface area (Å²) in [5.41, 5.74) is 0.337. The molecular weight excluding hydrogens is 356 g/mol. The van der Waals surface area contributed by atoms with Crippen LogP contribution in [0, 0.1) is 0 Å². The molecule has 0 unspecified atom stereocenters. The van der Waals surface area contributed by atoms with Crippen LogP contribution in [0.2, 0.25) is 0 Å². The van der Waals surface area contributed by atoms with Crippen molar-refractivity contribution in [3.8, 4) is 0 Å². The molecule has 21 heavy (non-hydrogen) atoms. The third kappa shape index (κ3) is 3.64. The number of hydrogen-bond donors (Lipinski definition) is 1. The molecular formula is C14H19BrN2O3S. The Morgan fingerprint density at radius 3 is 2.48 bits per heavy atom. The molecule has 1 aliphatic rings. The van der Waals surface area contributed by atoms with E-state index in [-0.39, 0.29) is 16.8 Å². The van der Waals surface area contributed by atoms with Crippen molar-refractivity contribution in [3.05, 3.63) is 28.2 Å². The zero-order valence-electron chi connectivity index (χ0n) is 12.1. The summed E-state index contributed by atoms with van der Waals surface area (Å²) in [4.78, 5) is 12.3. The first kappa shape index (κ1) is 16.5. The minimum Gasteiger partial charge on any atom is -0.350 e. The van der Waals surface area contributed by atoms with Crippen LogP contribution in [0.25, 0.3) is 0 Å². The predicted molar refractivity (Wildman–Crippen MR) is 84.7 cm³/mol. The van der Waals surface area contributed by atoms with Crippen molar-refractivity contribution in [1.82, 2.24) is 9.62 Å². The Morgan fingerprint density at radius 2 is 1.90 bits per heavy atom. The first-order valence-electron chi connectivity index (χ1n) is 6.93. The molecule has 1 aliphatic heterocycles. The van der Waals surface area contributed by atoms with Crippen molar-refractivity contribution < 1.29 is 13.2 Å². The molecule has 1 aromatic rings. The van der Waals surface area contributed by atoms with Crippen molar-refractivity contribution >= 4 is 31.9 Å². The maximum absolute atomic E-state index is 12.5. The number of sulfonamides is 1. The van der Waals surface area contributed by atoms with Crippen molar-refractivity contribution in [2.45, 2.75) is 37.6 Å². The van der Waals surface area contributed by atoms with Crippen molar-refractivity contribution in [2.75, 3.05) is 13.1 Å². The predicted octanol–water partition coefficient (Wildman–Crippen LogP) is 2.37. The highest BCUT2D eigenvalue weighted by Gasteiger charge is 2.28. The van der Waals surface area contributed by atoms with E-state index in [1.54, 1.807) is 6.07 Å². The van der Waals surface area contributed by atoms with Crippen LogP contribution < -0.4 is 5.32 Å². The molecule has 116 valence electrons. The average molecular weight is 375 g/mol. The second-order valence-electron chi connectivity index (χ2n) is 5.38. The van der Waals surface area contributed by atoms with E-state index < -0.39 is 10.0 Å². The number of carbonyl (C=O) groups excluding carboxylic acids is 1. The molecule has 0 aromatic heterocycles. The van der Waals surface area contributed by atoms with Gasteiger partial charge in [-0.05, 0) is 60.8 Å². The summed E-state index contributed by atoms with van der Waals surface area (Å²) in [5, 5.41) is 2.77. The van der Waals surface area contributed by atoms with Crippen LogP contribution in [0.15, 0.2) is 27.6 Å². The summed E-state index contributed by atoms with van der Waals surface area (Å²) in [6.07, 6.45) is 1.77. The highest BCUT2D eigenvalue weighted by atomic mass is 79.9. The summed E-state index contributed by atoms with van der Waals surface area (Å²) in [5.74, 6) is -0.282. The van der Waals surface area contributed by atoms with Gasteiger partial charge in [-0.25, -0.2) is 8.42 Å². The number of nitrogens with zero attached hydrogens (tertiary/aromatic N) is 1. The molecule has 1 amide bonds. The normalized spacial score (nSPS) is 16.4. The van der Waals surface area contributed by atoms with Gasteiger partial charge in [0, 0.05) is 23.6 Å². The average Bonchev–Trinajstić information content (AvgIpc) is 2.92. The van der Waals surface area contributed by atoms with Crippen LogP contribution in [0.5, 0.6) is 0 Å². The van der Waals surface area contributed by atoms with Gasteiger partial charge in [-0.3, -0.25) is 4.79 Å². The molecule has 5 nitrogen and oxygen atoms in total. The van der Waals surface area contributed by atoms with Gasteiger partial charge in [0.15, 0.2) is 0 Å². The Kier molecular flexibility index (Phi) is 5.06. The molecule has 0 radical (unpaired) electrons. The first-order chi connectivity index (χ1) is 9.82. The Labute approximate surface area is 133 Å². The van der Waals surface area contributed by atoms with Gasteiger partial charge in [-0.2, -0.15) is 4.31 Å². The fourth-order valence-corrected chi connectivity index (χ4v) is 4.23. The van der Waals surface area contributed by atoms with Gasteiger partial charge in [0.25, 0.3) is 5.91 Å². The van der Waals surface area contributed by atoms with Crippen molar-refractivity contribution in [3.63, 3.8) is 0 Å². The second-order valence-corrected chi connectivity index (χ2v) is 8.17. The van der Waals surface area contributed by atoms with Crippen molar-refractivity contribution in [2.24, 2.45) is 0 Å². The summed E-state index contributed by atoms with van der Waals surface area (Å²) < 4.78 is 27.1. The zero-order chi connectivity index (χ0) is 15.6. The number of amides is 1. The van der Waals surface area contributed by atoms with Gasteiger partial charge in [0.1, 0.15) is 0 Å². The Hall–Kier alpha value is -0.920. The third-order valence-corrected chi connectivity index (χ3v) is 5.89. The van der Waals surface area contributed by atoms with Crippen LogP contribution in [0.1, 0.15) is 37.0 Å². The lowest BCUT2D eigenvalue weighted by Gasteiger charge is -2.17. The lowest BCUT2D eigenvalue weighted by atomic mass is 10.2. The Morgan fingerprint density at radius 1 is 1.29 bits per heavy atom. The number of benzene rings is 1. The molecule has 1 heterocycles. The highest BCUT2D eigenvalue weighted by molar-refractivity contribution is 9.10. The molecule has 0 spiro atoms. The Balaban J connectivity index is 2.36. The summed E-state index contributed by atoms with van der Waals surface area (Å²) >= 11 is 3.30. The maximum Gasteiger partial charge on any atom is 0.252 e. The van der Waals surface area contributed by atoms with Crippen LogP contribution in [-0.4, -0.2) is 37.8 Å². The van der Waals surface area contributed by atoms with Gasteiger partial charge >= 0.3 is 0 Å². The molecule has 1 saturated heterocycles. The van der Waals surface area contributed by atoms with E-state index in [0.29, 0.717) is 23.1 Å². The van der Waals surface area contributed by atoms with Gasteiger partial charge in [0.05, 0.1) is 10.5 Å². The summed E-state index contributed by atoms with van der Waals surface area (Å²) in [7, 11) is -3.51. The van der Waals surface area contributed by atoms with E-state index in [4.69, 9.17) is 0 Å². The fraction of sp³-hybridized carbons (Fsp3) is 0.500. The van der Waals surface area contributed by atoms with Crippen LogP contribution >= 0.6 is 15.9 Å². The smallest absolute Gasteiger partial charge is 0.252 e. The van der Waals surface area contributed by atoms with E-state index in [9.17, 15) is 13.2 Å². The van der Waals surface area contributed by atoms with E-state index >= 15 is 0 Å². The molecule has 0 bridgehead atoms. The molecule has 7 heteroatoms. The summed E-state index contributed by atoms with van der Waals surface area (Å²) in [6, 6.07) is 4.57. The molecule has 1 aromatic carbocycles. The third-order valence-electron chi connectivity index (χ3n) is 3.31.